The predicted octanol–water partition coefficient (Wildman–Crippen LogP) is 4.18. The van der Waals surface area contributed by atoms with Crippen molar-refractivity contribution in [1.82, 2.24) is 15.2 Å². The standard InChI is InChI=1S/C22H15FN4O2/c1-11-3-8-15(9-12(11)2)27-21(28)16-10-24-20-18(17(16)22(27)29)19(25-26-20)13-4-6-14(23)7-5-13/h3-10H,1-2H3,(H,24,25,26). The molecule has 2 aromatic carbocycles. The lowest BCUT2D eigenvalue weighted by Crippen LogP contribution is -2.29. The van der Waals surface area contributed by atoms with E-state index in [1.54, 1.807) is 18.2 Å². The molecule has 0 aliphatic carbocycles. The van der Waals surface area contributed by atoms with Gasteiger partial charge in [0.1, 0.15) is 5.82 Å². The van der Waals surface area contributed by atoms with Crippen molar-refractivity contribution in [2.75, 3.05) is 4.90 Å². The number of hydrogen-bond acceptors (Lipinski definition) is 4. The third-order valence-corrected chi connectivity index (χ3v) is 5.31. The molecule has 0 saturated carbocycles. The number of rotatable bonds is 2. The molecule has 29 heavy (non-hydrogen) atoms. The number of aromatic amines is 1. The SMILES string of the molecule is Cc1ccc(N2C(=O)c3cnc4n[nH]c(-c5ccc(F)cc5)c4c3C2=O)cc1C. The number of carbonyl (C=O) groups excluding carboxylic acids is 2. The van der Waals surface area contributed by atoms with Gasteiger partial charge in [-0.3, -0.25) is 14.7 Å². The Kier molecular flexibility index (Phi) is 3.61. The van der Waals surface area contributed by atoms with Gasteiger partial charge >= 0.3 is 0 Å². The monoisotopic (exact) mass is 386 g/mol. The Morgan fingerprint density at radius 2 is 1.72 bits per heavy atom. The van der Waals surface area contributed by atoms with Crippen molar-refractivity contribution in [1.29, 1.82) is 0 Å². The quantitative estimate of drug-likeness (QED) is 0.524. The van der Waals surface area contributed by atoms with E-state index in [9.17, 15) is 14.0 Å². The van der Waals surface area contributed by atoms with Crippen LogP contribution in [0, 0.1) is 19.7 Å². The van der Waals surface area contributed by atoms with Gasteiger partial charge in [0.15, 0.2) is 5.65 Å². The molecule has 0 spiro atoms. The van der Waals surface area contributed by atoms with Crippen LogP contribution in [0.25, 0.3) is 22.3 Å². The summed E-state index contributed by atoms with van der Waals surface area (Å²) in [6, 6.07) is 11.3. The second-order valence-corrected chi connectivity index (χ2v) is 7.07. The van der Waals surface area contributed by atoms with E-state index in [1.165, 1.54) is 23.2 Å². The van der Waals surface area contributed by atoms with E-state index >= 15 is 0 Å². The van der Waals surface area contributed by atoms with Crippen LogP contribution >= 0.6 is 0 Å². The van der Waals surface area contributed by atoms with Crippen molar-refractivity contribution in [3.63, 3.8) is 0 Å². The van der Waals surface area contributed by atoms with Crippen molar-refractivity contribution in [3.05, 3.63) is 76.7 Å². The summed E-state index contributed by atoms with van der Waals surface area (Å²) >= 11 is 0. The average Bonchev–Trinajstić information content (AvgIpc) is 3.24. The van der Waals surface area contributed by atoms with Gasteiger partial charge in [0.25, 0.3) is 11.8 Å². The summed E-state index contributed by atoms with van der Waals surface area (Å²) in [7, 11) is 0. The van der Waals surface area contributed by atoms with E-state index in [0.717, 1.165) is 11.1 Å². The summed E-state index contributed by atoms with van der Waals surface area (Å²) in [6.07, 6.45) is 1.38. The van der Waals surface area contributed by atoms with Gasteiger partial charge in [-0.05, 0) is 61.4 Å². The highest BCUT2D eigenvalue weighted by molar-refractivity contribution is 6.38. The molecule has 7 heteroatoms. The minimum Gasteiger partial charge on any atom is -0.275 e. The number of imide groups is 1. The lowest BCUT2D eigenvalue weighted by Gasteiger charge is -2.15. The molecule has 6 nitrogen and oxygen atoms in total. The number of H-pyrrole nitrogens is 1. The fourth-order valence-corrected chi connectivity index (χ4v) is 3.62. The van der Waals surface area contributed by atoms with E-state index < -0.39 is 11.8 Å². The Morgan fingerprint density at radius 3 is 2.45 bits per heavy atom. The fraction of sp³-hybridized carbons (Fsp3) is 0.0909. The molecule has 1 aliphatic heterocycles. The largest absolute Gasteiger partial charge is 0.275 e. The molecule has 0 atom stereocenters. The number of aryl methyl sites for hydroxylation is 2. The maximum atomic E-state index is 13.3. The minimum atomic E-state index is -0.426. The van der Waals surface area contributed by atoms with E-state index in [-0.39, 0.29) is 16.9 Å². The normalized spacial score (nSPS) is 13.4. The van der Waals surface area contributed by atoms with Crippen LogP contribution in [0.4, 0.5) is 10.1 Å². The van der Waals surface area contributed by atoms with Gasteiger partial charge in [0.2, 0.25) is 0 Å². The van der Waals surface area contributed by atoms with Gasteiger partial charge in [0.05, 0.1) is 27.9 Å². The molecule has 3 heterocycles. The summed E-state index contributed by atoms with van der Waals surface area (Å²) in [5.74, 6) is -1.22. The maximum absolute atomic E-state index is 13.3. The summed E-state index contributed by atoms with van der Waals surface area (Å²) in [5, 5.41) is 7.49. The average molecular weight is 386 g/mol. The minimum absolute atomic E-state index is 0.227. The number of pyridine rings is 1. The first kappa shape index (κ1) is 17.2. The number of halogens is 1. The topological polar surface area (TPSA) is 79.0 Å². The molecule has 5 rings (SSSR count). The highest BCUT2D eigenvalue weighted by atomic mass is 19.1. The molecule has 0 saturated heterocycles. The molecule has 2 amide bonds. The molecule has 0 unspecified atom stereocenters. The predicted molar refractivity (Wildman–Crippen MR) is 106 cm³/mol. The number of benzene rings is 2. The summed E-state index contributed by atoms with van der Waals surface area (Å²) in [6.45, 7) is 3.90. The summed E-state index contributed by atoms with van der Waals surface area (Å²) in [5.41, 5.74) is 4.55. The third kappa shape index (κ3) is 2.47. The Morgan fingerprint density at radius 1 is 0.966 bits per heavy atom. The van der Waals surface area contributed by atoms with Crippen molar-refractivity contribution < 1.29 is 14.0 Å². The zero-order valence-corrected chi connectivity index (χ0v) is 15.7. The number of nitrogens with zero attached hydrogens (tertiary/aromatic N) is 3. The fourth-order valence-electron chi connectivity index (χ4n) is 3.62. The Bertz CT molecular complexity index is 1320. The van der Waals surface area contributed by atoms with Gasteiger partial charge in [-0.25, -0.2) is 14.3 Å². The number of nitrogens with one attached hydrogen (secondary N) is 1. The molecular formula is C22H15FN4O2. The van der Waals surface area contributed by atoms with Crippen molar-refractivity contribution in [2.24, 2.45) is 0 Å². The molecule has 1 N–H and O–H groups in total. The molecule has 142 valence electrons. The summed E-state index contributed by atoms with van der Waals surface area (Å²) < 4.78 is 13.3. The second-order valence-electron chi connectivity index (χ2n) is 7.07. The lowest BCUT2D eigenvalue weighted by molar-refractivity contribution is 0.0926. The van der Waals surface area contributed by atoms with Crippen molar-refractivity contribution >= 4 is 28.5 Å². The van der Waals surface area contributed by atoms with E-state index in [2.05, 4.69) is 15.2 Å². The first-order valence-electron chi connectivity index (χ1n) is 9.05. The molecule has 0 radical (unpaired) electrons. The summed E-state index contributed by atoms with van der Waals surface area (Å²) in [4.78, 5) is 31.8. The molecule has 2 aromatic heterocycles. The molecule has 0 fully saturated rings. The first-order valence-corrected chi connectivity index (χ1v) is 9.05. The van der Waals surface area contributed by atoms with Gasteiger partial charge < -0.3 is 0 Å². The van der Waals surface area contributed by atoms with Gasteiger partial charge in [0, 0.05) is 11.8 Å². The van der Waals surface area contributed by atoms with Crippen LogP contribution < -0.4 is 4.90 Å². The number of fused-ring (bicyclic) bond motifs is 3. The second kappa shape index (κ2) is 6.07. The highest BCUT2D eigenvalue weighted by Crippen LogP contribution is 2.36. The van der Waals surface area contributed by atoms with Gasteiger partial charge in [-0.2, -0.15) is 5.10 Å². The third-order valence-electron chi connectivity index (χ3n) is 5.31. The Balaban J connectivity index is 1.71. The Hall–Kier alpha value is -3.87. The van der Waals surface area contributed by atoms with Crippen molar-refractivity contribution in [2.45, 2.75) is 13.8 Å². The number of hydrogen-bond donors (Lipinski definition) is 1. The van der Waals surface area contributed by atoms with Crippen LogP contribution in [0.1, 0.15) is 31.8 Å². The molecule has 4 aromatic rings. The number of aromatic nitrogens is 3. The smallest absolute Gasteiger partial charge is 0.267 e. The molecule has 0 bridgehead atoms. The number of anilines is 1. The van der Waals surface area contributed by atoms with E-state index in [4.69, 9.17) is 0 Å². The maximum Gasteiger partial charge on any atom is 0.267 e. The lowest BCUT2D eigenvalue weighted by atomic mass is 10.0. The first-order chi connectivity index (χ1) is 14.0. The van der Waals surface area contributed by atoms with E-state index in [0.29, 0.717) is 28.0 Å². The van der Waals surface area contributed by atoms with Crippen LogP contribution in [0.5, 0.6) is 0 Å². The van der Waals surface area contributed by atoms with Gasteiger partial charge in [-0.15, -0.1) is 0 Å². The zero-order valence-electron chi connectivity index (χ0n) is 15.7. The van der Waals surface area contributed by atoms with E-state index in [1.807, 2.05) is 26.0 Å². The van der Waals surface area contributed by atoms with Crippen LogP contribution in [0.2, 0.25) is 0 Å². The number of amides is 2. The van der Waals surface area contributed by atoms with Crippen LogP contribution in [0.15, 0.2) is 48.7 Å². The van der Waals surface area contributed by atoms with Crippen LogP contribution in [0.3, 0.4) is 0 Å². The number of carbonyl (C=O) groups is 2. The van der Waals surface area contributed by atoms with Gasteiger partial charge in [-0.1, -0.05) is 6.07 Å². The molecule has 1 aliphatic rings. The highest BCUT2D eigenvalue weighted by Gasteiger charge is 2.40. The van der Waals surface area contributed by atoms with Crippen LogP contribution in [-0.4, -0.2) is 27.0 Å². The van der Waals surface area contributed by atoms with Crippen molar-refractivity contribution in [3.8, 4) is 11.3 Å². The Labute approximate surface area is 165 Å². The zero-order chi connectivity index (χ0) is 20.3. The van der Waals surface area contributed by atoms with Crippen LogP contribution in [-0.2, 0) is 0 Å². The molecular weight excluding hydrogens is 371 g/mol.